The maximum atomic E-state index is 8.66. The van der Waals surface area contributed by atoms with Crippen LogP contribution in [0.3, 0.4) is 0 Å². The molecular weight excluding hydrogens is 214 g/mol. The second kappa shape index (κ2) is 6.84. The van der Waals surface area contributed by atoms with Gasteiger partial charge in [0.1, 0.15) is 5.84 Å². The molecule has 4 N–H and O–H groups in total. The summed E-state index contributed by atoms with van der Waals surface area (Å²) in [4.78, 5) is 0. The van der Waals surface area contributed by atoms with Crippen molar-refractivity contribution in [3.63, 3.8) is 0 Å². The molecule has 4 nitrogen and oxygen atoms in total. The minimum Gasteiger partial charge on any atom is -0.409 e. The zero-order valence-electron chi connectivity index (χ0n) is 11.2. The Hall–Kier alpha value is -0.770. The lowest BCUT2D eigenvalue weighted by molar-refractivity contribution is 0.304. The van der Waals surface area contributed by atoms with Crippen LogP contribution in [0.2, 0.25) is 0 Å². The largest absolute Gasteiger partial charge is 0.409 e. The normalized spacial score (nSPS) is 18.8. The van der Waals surface area contributed by atoms with Crippen LogP contribution in [0.5, 0.6) is 0 Å². The summed E-state index contributed by atoms with van der Waals surface area (Å²) < 4.78 is 0. The summed E-state index contributed by atoms with van der Waals surface area (Å²) in [5.41, 5.74) is 5.44. The van der Waals surface area contributed by atoms with E-state index in [1.807, 2.05) is 13.8 Å². The van der Waals surface area contributed by atoms with Gasteiger partial charge in [-0.1, -0.05) is 31.8 Å². The van der Waals surface area contributed by atoms with Crippen LogP contribution in [0.15, 0.2) is 5.16 Å². The minimum atomic E-state index is -0.205. The molecule has 0 amide bonds. The number of rotatable bonds is 7. The number of amidine groups is 1. The molecule has 0 aromatic heterocycles. The van der Waals surface area contributed by atoms with Gasteiger partial charge >= 0.3 is 0 Å². The number of hydrogen-bond donors (Lipinski definition) is 3. The van der Waals surface area contributed by atoms with Crippen LogP contribution < -0.4 is 11.1 Å². The third-order valence-electron chi connectivity index (χ3n) is 3.86. The Morgan fingerprint density at radius 2 is 2.06 bits per heavy atom. The van der Waals surface area contributed by atoms with Crippen LogP contribution in [-0.4, -0.2) is 24.1 Å². The molecule has 0 spiro atoms. The van der Waals surface area contributed by atoms with Crippen LogP contribution in [0, 0.1) is 11.3 Å². The van der Waals surface area contributed by atoms with Crippen LogP contribution in [-0.2, 0) is 0 Å². The molecule has 100 valence electrons. The van der Waals surface area contributed by atoms with E-state index in [0.29, 0.717) is 5.84 Å². The summed E-state index contributed by atoms with van der Waals surface area (Å²) in [6.45, 7) is 6.21. The average Bonchev–Trinajstić information content (AvgIpc) is 2.80. The molecule has 1 rings (SSSR count). The van der Waals surface area contributed by atoms with Gasteiger partial charge in [-0.2, -0.15) is 0 Å². The molecule has 0 radical (unpaired) electrons. The standard InChI is InChI=1S/C13H27N3O/c1-13(2,12(14)16-17)8-5-9-15-10-11-6-3-4-7-11/h11,15,17H,3-10H2,1-2H3,(H2,14,16). The third kappa shape index (κ3) is 4.94. The SMILES string of the molecule is CC(C)(CCCNCC1CCCC1)C(N)=NO. The first-order chi connectivity index (χ1) is 8.06. The second-order valence-corrected chi connectivity index (χ2v) is 5.83. The lowest BCUT2D eigenvalue weighted by Crippen LogP contribution is -2.33. The molecule has 17 heavy (non-hydrogen) atoms. The molecule has 1 fully saturated rings. The Balaban J connectivity index is 2.07. The van der Waals surface area contributed by atoms with E-state index in [9.17, 15) is 0 Å². The van der Waals surface area contributed by atoms with E-state index >= 15 is 0 Å². The molecule has 4 heteroatoms. The van der Waals surface area contributed by atoms with E-state index in [2.05, 4.69) is 10.5 Å². The number of nitrogens with one attached hydrogen (secondary N) is 1. The summed E-state index contributed by atoms with van der Waals surface area (Å²) in [5, 5.41) is 15.3. The molecule has 0 aromatic rings. The fraction of sp³-hybridized carbons (Fsp3) is 0.923. The lowest BCUT2D eigenvalue weighted by atomic mass is 9.86. The van der Waals surface area contributed by atoms with E-state index in [4.69, 9.17) is 10.9 Å². The van der Waals surface area contributed by atoms with Crippen molar-refractivity contribution in [1.29, 1.82) is 0 Å². The van der Waals surface area contributed by atoms with E-state index in [1.165, 1.54) is 25.7 Å². The molecule has 0 aliphatic heterocycles. The van der Waals surface area contributed by atoms with Crippen LogP contribution in [0.4, 0.5) is 0 Å². The summed E-state index contributed by atoms with van der Waals surface area (Å²) >= 11 is 0. The van der Waals surface area contributed by atoms with Gasteiger partial charge < -0.3 is 16.3 Å². The van der Waals surface area contributed by atoms with Crippen molar-refractivity contribution < 1.29 is 5.21 Å². The maximum absolute atomic E-state index is 8.66. The first-order valence-electron chi connectivity index (χ1n) is 6.75. The molecular formula is C13H27N3O. The van der Waals surface area contributed by atoms with Gasteiger partial charge in [0.05, 0.1) is 0 Å². The highest BCUT2D eigenvalue weighted by Crippen LogP contribution is 2.24. The van der Waals surface area contributed by atoms with Crippen molar-refractivity contribution in [3.8, 4) is 0 Å². The van der Waals surface area contributed by atoms with E-state index < -0.39 is 0 Å². The molecule has 0 heterocycles. The highest BCUT2D eigenvalue weighted by molar-refractivity contribution is 5.85. The monoisotopic (exact) mass is 241 g/mol. The van der Waals surface area contributed by atoms with Gasteiger partial charge in [0, 0.05) is 5.41 Å². The van der Waals surface area contributed by atoms with Gasteiger partial charge in [0.2, 0.25) is 0 Å². The topological polar surface area (TPSA) is 70.6 Å². The maximum Gasteiger partial charge on any atom is 0.144 e. The number of nitrogens with zero attached hydrogens (tertiary/aromatic N) is 1. The Kier molecular flexibility index (Phi) is 5.75. The van der Waals surface area contributed by atoms with Crippen LogP contribution >= 0.6 is 0 Å². The molecule has 0 saturated heterocycles. The highest BCUT2D eigenvalue weighted by Gasteiger charge is 2.22. The third-order valence-corrected chi connectivity index (χ3v) is 3.86. The molecule has 1 saturated carbocycles. The summed E-state index contributed by atoms with van der Waals surface area (Å²) in [5.74, 6) is 1.22. The van der Waals surface area contributed by atoms with Crippen LogP contribution in [0.25, 0.3) is 0 Å². The van der Waals surface area contributed by atoms with Gasteiger partial charge in [-0.15, -0.1) is 0 Å². The predicted molar refractivity (Wildman–Crippen MR) is 71.3 cm³/mol. The summed E-state index contributed by atoms with van der Waals surface area (Å²) in [7, 11) is 0. The van der Waals surface area contributed by atoms with Crippen molar-refractivity contribution in [1.82, 2.24) is 5.32 Å². The van der Waals surface area contributed by atoms with Gasteiger partial charge in [-0.25, -0.2) is 0 Å². The summed E-state index contributed by atoms with van der Waals surface area (Å²) in [6, 6.07) is 0. The molecule has 1 aliphatic carbocycles. The predicted octanol–water partition coefficient (Wildman–Crippen LogP) is 2.32. The van der Waals surface area contributed by atoms with Gasteiger partial charge in [0.15, 0.2) is 0 Å². The summed E-state index contributed by atoms with van der Waals surface area (Å²) in [6.07, 6.45) is 7.60. The molecule has 0 unspecified atom stereocenters. The molecule has 1 aliphatic rings. The first-order valence-corrected chi connectivity index (χ1v) is 6.75. The first kappa shape index (κ1) is 14.3. The number of oxime groups is 1. The Labute approximate surface area is 105 Å². The smallest absolute Gasteiger partial charge is 0.144 e. The lowest BCUT2D eigenvalue weighted by Gasteiger charge is -2.22. The van der Waals surface area contributed by atoms with E-state index in [-0.39, 0.29) is 5.41 Å². The Bertz CT molecular complexity index is 245. The number of hydrogen-bond acceptors (Lipinski definition) is 3. The Morgan fingerprint density at radius 1 is 1.41 bits per heavy atom. The average molecular weight is 241 g/mol. The van der Waals surface area contributed by atoms with Gasteiger partial charge in [-0.05, 0) is 44.7 Å². The van der Waals surface area contributed by atoms with E-state index in [0.717, 1.165) is 31.8 Å². The van der Waals surface area contributed by atoms with Crippen molar-refractivity contribution in [2.45, 2.75) is 52.4 Å². The fourth-order valence-electron chi connectivity index (χ4n) is 2.44. The van der Waals surface area contributed by atoms with Gasteiger partial charge in [-0.3, -0.25) is 0 Å². The quantitative estimate of drug-likeness (QED) is 0.211. The Morgan fingerprint density at radius 3 is 2.65 bits per heavy atom. The van der Waals surface area contributed by atoms with E-state index in [1.54, 1.807) is 0 Å². The van der Waals surface area contributed by atoms with Crippen molar-refractivity contribution in [3.05, 3.63) is 0 Å². The van der Waals surface area contributed by atoms with Crippen molar-refractivity contribution in [2.75, 3.05) is 13.1 Å². The highest BCUT2D eigenvalue weighted by atomic mass is 16.4. The second-order valence-electron chi connectivity index (χ2n) is 5.83. The van der Waals surface area contributed by atoms with Gasteiger partial charge in [0.25, 0.3) is 0 Å². The van der Waals surface area contributed by atoms with Crippen LogP contribution in [0.1, 0.15) is 52.4 Å². The molecule has 0 bridgehead atoms. The van der Waals surface area contributed by atoms with Crippen molar-refractivity contribution in [2.24, 2.45) is 22.2 Å². The fourth-order valence-corrected chi connectivity index (χ4v) is 2.44. The molecule has 0 aromatic carbocycles. The molecule has 0 atom stereocenters. The minimum absolute atomic E-state index is 0.205. The zero-order valence-corrected chi connectivity index (χ0v) is 11.2. The van der Waals surface area contributed by atoms with Crippen molar-refractivity contribution >= 4 is 5.84 Å². The number of nitrogens with two attached hydrogens (primary N) is 1. The zero-order chi connectivity index (χ0) is 12.7.